The van der Waals surface area contributed by atoms with Gasteiger partial charge >= 0.3 is 0 Å². The summed E-state index contributed by atoms with van der Waals surface area (Å²) in [7, 11) is 3.61. The Morgan fingerprint density at radius 1 is 1.47 bits per heavy atom. The van der Waals surface area contributed by atoms with E-state index in [1.165, 1.54) is 0 Å². The van der Waals surface area contributed by atoms with Crippen molar-refractivity contribution in [1.82, 2.24) is 10.6 Å². The lowest BCUT2D eigenvalue weighted by atomic mass is 10.1. The van der Waals surface area contributed by atoms with Crippen LogP contribution < -0.4 is 10.6 Å². The van der Waals surface area contributed by atoms with Gasteiger partial charge in [0.25, 0.3) is 0 Å². The Bertz CT molecular complexity index is 214. The number of amidine groups is 1. The lowest BCUT2D eigenvalue weighted by Crippen LogP contribution is -2.33. The number of nitrogens with zero attached hydrogens (tertiary/aromatic N) is 1. The van der Waals surface area contributed by atoms with Gasteiger partial charge in [-0.05, 0) is 26.8 Å². The molecule has 0 saturated heterocycles. The zero-order valence-electron chi connectivity index (χ0n) is 10.3. The largest absolute Gasteiger partial charge is 0.374 e. The Hall–Kier alpha value is -0.900. The van der Waals surface area contributed by atoms with Gasteiger partial charge in [-0.1, -0.05) is 6.92 Å². The van der Waals surface area contributed by atoms with Gasteiger partial charge in [0, 0.05) is 20.0 Å². The van der Waals surface area contributed by atoms with E-state index in [2.05, 4.69) is 22.5 Å². The summed E-state index contributed by atoms with van der Waals surface area (Å²) in [6.45, 7) is 4.58. The summed E-state index contributed by atoms with van der Waals surface area (Å²) < 4.78 is 0. The first-order valence-corrected chi connectivity index (χ1v) is 5.52. The highest BCUT2D eigenvalue weighted by Gasteiger charge is 2.10. The van der Waals surface area contributed by atoms with Crippen LogP contribution >= 0.6 is 0 Å². The zero-order valence-corrected chi connectivity index (χ0v) is 10.3. The van der Waals surface area contributed by atoms with E-state index in [1.807, 2.05) is 7.05 Å². The van der Waals surface area contributed by atoms with E-state index in [0.717, 1.165) is 31.6 Å². The molecule has 4 heteroatoms. The molecule has 15 heavy (non-hydrogen) atoms. The minimum atomic E-state index is -0.00422. The molecule has 0 aliphatic carbocycles. The standard InChI is InChI=1S/C11H23N3O/c1-5-11(13-4)14-8-6-7-10(12-3)9(2)15/h10,12H,5-8H2,1-4H3,(H,13,14)/t10-/m0/s1. The summed E-state index contributed by atoms with van der Waals surface area (Å²) in [5.74, 6) is 1.23. The van der Waals surface area contributed by atoms with E-state index >= 15 is 0 Å². The SMILES string of the molecule is CCC(=NC)NCCC[C@H](NC)C(C)=O. The molecule has 0 aliphatic rings. The summed E-state index contributed by atoms with van der Waals surface area (Å²) in [5.41, 5.74) is 0. The van der Waals surface area contributed by atoms with Crippen LogP contribution in [0.25, 0.3) is 0 Å². The van der Waals surface area contributed by atoms with Gasteiger partial charge in [0.1, 0.15) is 5.78 Å². The number of carbonyl (C=O) groups excluding carboxylic acids is 1. The van der Waals surface area contributed by atoms with Crippen molar-refractivity contribution in [2.45, 2.75) is 39.2 Å². The molecule has 0 unspecified atom stereocenters. The first-order valence-electron chi connectivity index (χ1n) is 5.52. The molecule has 0 spiro atoms. The molecule has 0 rings (SSSR count). The third-order valence-electron chi connectivity index (χ3n) is 2.44. The molecule has 0 aromatic carbocycles. The Labute approximate surface area is 92.5 Å². The molecule has 0 amide bonds. The lowest BCUT2D eigenvalue weighted by Gasteiger charge is -2.13. The van der Waals surface area contributed by atoms with Crippen LogP contribution in [-0.4, -0.2) is 38.3 Å². The van der Waals surface area contributed by atoms with Crippen LogP contribution in [0.2, 0.25) is 0 Å². The molecular formula is C11H23N3O. The fourth-order valence-corrected chi connectivity index (χ4v) is 1.45. The van der Waals surface area contributed by atoms with Crippen molar-refractivity contribution in [3.63, 3.8) is 0 Å². The van der Waals surface area contributed by atoms with Crippen LogP contribution in [0.5, 0.6) is 0 Å². The van der Waals surface area contributed by atoms with Crippen molar-refractivity contribution in [3.8, 4) is 0 Å². The number of Topliss-reactive ketones (excluding diaryl/α,β-unsaturated/α-hetero) is 1. The predicted octanol–water partition coefficient (Wildman–Crippen LogP) is 0.971. The predicted molar refractivity (Wildman–Crippen MR) is 64.4 cm³/mol. The first kappa shape index (κ1) is 14.1. The quantitative estimate of drug-likeness (QED) is 0.376. The number of nitrogens with one attached hydrogen (secondary N) is 2. The normalized spacial score (nSPS) is 13.7. The van der Waals surface area contributed by atoms with E-state index in [9.17, 15) is 4.79 Å². The maximum Gasteiger partial charge on any atom is 0.146 e. The van der Waals surface area contributed by atoms with Crippen LogP contribution in [0.4, 0.5) is 0 Å². The number of hydrogen-bond donors (Lipinski definition) is 2. The van der Waals surface area contributed by atoms with Crippen LogP contribution in [0, 0.1) is 0 Å². The van der Waals surface area contributed by atoms with Gasteiger partial charge in [0.15, 0.2) is 0 Å². The highest BCUT2D eigenvalue weighted by Crippen LogP contribution is 1.97. The van der Waals surface area contributed by atoms with Gasteiger partial charge in [0.05, 0.1) is 11.9 Å². The van der Waals surface area contributed by atoms with Gasteiger partial charge in [-0.15, -0.1) is 0 Å². The van der Waals surface area contributed by atoms with E-state index in [0.29, 0.717) is 0 Å². The minimum Gasteiger partial charge on any atom is -0.374 e. The first-order chi connectivity index (χ1) is 7.15. The number of ketones is 1. The third kappa shape index (κ3) is 6.23. The second kappa shape index (κ2) is 8.41. The molecule has 88 valence electrons. The number of rotatable bonds is 7. The summed E-state index contributed by atoms with van der Waals surface area (Å²) >= 11 is 0. The topological polar surface area (TPSA) is 53.5 Å². The molecule has 0 aromatic rings. The number of likely N-dealkylation sites (N-methyl/N-ethyl adjacent to an activating group) is 1. The number of carbonyl (C=O) groups is 1. The average Bonchev–Trinajstić information content (AvgIpc) is 2.23. The molecule has 0 radical (unpaired) electrons. The highest BCUT2D eigenvalue weighted by molar-refractivity contribution is 5.82. The molecule has 4 nitrogen and oxygen atoms in total. The average molecular weight is 213 g/mol. The van der Waals surface area contributed by atoms with Crippen LogP contribution in [-0.2, 0) is 4.79 Å². The van der Waals surface area contributed by atoms with Crippen LogP contribution in [0.1, 0.15) is 33.1 Å². The van der Waals surface area contributed by atoms with Crippen molar-refractivity contribution in [2.75, 3.05) is 20.6 Å². The fourth-order valence-electron chi connectivity index (χ4n) is 1.45. The summed E-state index contributed by atoms with van der Waals surface area (Å²) in [6, 6.07) is -0.00422. The second-order valence-electron chi connectivity index (χ2n) is 3.54. The molecule has 0 fully saturated rings. The zero-order chi connectivity index (χ0) is 11.7. The maximum absolute atomic E-state index is 11.1. The molecule has 0 aromatic heterocycles. The Kier molecular flexibility index (Phi) is 7.91. The van der Waals surface area contributed by atoms with Crippen molar-refractivity contribution >= 4 is 11.6 Å². The molecule has 1 atom stereocenters. The summed E-state index contributed by atoms with van der Waals surface area (Å²) in [4.78, 5) is 15.2. The van der Waals surface area contributed by atoms with E-state index < -0.39 is 0 Å². The molecule has 0 heterocycles. The highest BCUT2D eigenvalue weighted by atomic mass is 16.1. The molecular weight excluding hydrogens is 190 g/mol. The van der Waals surface area contributed by atoms with Gasteiger partial charge < -0.3 is 10.6 Å². The van der Waals surface area contributed by atoms with Crippen LogP contribution in [0.3, 0.4) is 0 Å². The molecule has 0 bridgehead atoms. The van der Waals surface area contributed by atoms with E-state index in [1.54, 1.807) is 14.0 Å². The second-order valence-corrected chi connectivity index (χ2v) is 3.54. The molecule has 2 N–H and O–H groups in total. The molecule has 0 saturated carbocycles. The van der Waals surface area contributed by atoms with Crippen molar-refractivity contribution in [1.29, 1.82) is 0 Å². The third-order valence-corrected chi connectivity index (χ3v) is 2.44. The Balaban J connectivity index is 3.65. The van der Waals surface area contributed by atoms with Crippen molar-refractivity contribution in [3.05, 3.63) is 0 Å². The lowest BCUT2D eigenvalue weighted by molar-refractivity contribution is -0.119. The monoisotopic (exact) mass is 213 g/mol. The number of aliphatic imine (C=N–C) groups is 1. The van der Waals surface area contributed by atoms with Crippen LogP contribution in [0.15, 0.2) is 4.99 Å². The van der Waals surface area contributed by atoms with Crippen molar-refractivity contribution < 1.29 is 4.79 Å². The molecule has 0 aliphatic heterocycles. The van der Waals surface area contributed by atoms with E-state index in [-0.39, 0.29) is 11.8 Å². The Morgan fingerprint density at radius 2 is 2.13 bits per heavy atom. The van der Waals surface area contributed by atoms with Gasteiger partial charge in [0.2, 0.25) is 0 Å². The smallest absolute Gasteiger partial charge is 0.146 e. The summed E-state index contributed by atoms with van der Waals surface area (Å²) in [5, 5.41) is 6.26. The van der Waals surface area contributed by atoms with Gasteiger partial charge in [-0.3, -0.25) is 9.79 Å². The number of hydrogen-bond acceptors (Lipinski definition) is 3. The maximum atomic E-state index is 11.1. The summed E-state index contributed by atoms with van der Waals surface area (Å²) in [6.07, 6.45) is 2.78. The Morgan fingerprint density at radius 3 is 2.53 bits per heavy atom. The van der Waals surface area contributed by atoms with E-state index in [4.69, 9.17) is 0 Å². The van der Waals surface area contributed by atoms with Crippen molar-refractivity contribution in [2.24, 2.45) is 4.99 Å². The van der Waals surface area contributed by atoms with Gasteiger partial charge in [-0.2, -0.15) is 0 Å². The van der Waals surface area contributed by atoms with Gasteiger partial charge in [-0.25, -0.2) is 0 Å². The minimum absolute atomic E-state index is 0.00422. The fraction of sp³-hybridized carbons (Fsp3) is 0.818.